The number of nitrogens with zero attached hydrogens (tertiary/aromatic N) is 1. The monoisotopic (exact) mass is 365 g/mol. The third kappa shape index (κ3) is 2.87. The maximum atomic E-state index is 12.7. The Bertz CT molecular complexity index is 859. The largest absolute Gasteiger partial charge is 0.480 e. The molecule has 1 N–H and O–H groups in total. The first-order valence-corrected chi connectivity index (χ1v) is 9.24. The second-order valence-corrected chi connectivity index (χ2v) is 7.98. The van der Waals surface area contributed by atoms with E-state index in [4.69, 9.17) is 4.74 Å². The lowest BCUT2D eigenvalue weighted by molar-refractivity contribution is -0.144. The zero-order valence-corrected chi connectivity index (χ0v) is 15.5. The van der Waals surface area contributed by atoms with Crippen LogP contribution in [0.3, 0.4) is 0 Å². The van der Waals surface area contributed by atoms with Crippen LogP contribution in [-0.4, -0.2) is 41.3 Å². The summed E-state index contributed by atoms with van der Waals surface area (Å²) in [4.78, 5) is 25.7. The van der Waals surface area contributed by atoms with E-state index in [2.05, 4.69) is 24.3 Å². The van der Waals surface area contributed by atoms with E-state index in [0.717, 1.165) is 11.1 Å². The van der Waals surface area contributed by atoms with Gasteiger partial charge in [0.15, 0.2) is 0 Å². The van der Waals surface area contributed by atoms with Gasteiger partial charge in [-0.1, -0.05) is 62.4 Å². The highest BCUT2D eigenvalue weighted by atomic mass is 16.6. The normalized spacial score (nSPS) is 20.2. The molecule has 1 fully saturated rings. The molecule has 0 aromatic heterocycles. The van der Waals surface area contributed by atoms with Crippen molar-refractivity contribution in [2.45, 2.75) is 32.2 Å². The first-order chi connectivity index (χ1) is 12.9. The predicted molar refractivity (Wildman–Crippen MR) is 102 cm³/mol. The molecule has 0 spiro atoms. The summed E-state index contributed by atoms with van der Waals surface area (Å²) in [6, 6.07) is 15.4. The van der Waals surface area contributed by atoms with Gasteiger partial charge in [-0.05, 0) is 34.1 Å². The van der Waals surface area contributed by atoms with Crippen LogP contribution < -0.4 is 0 Å². The number of benzene rings is 2. The highest BCUT2D eigenvalue weighted by molar-refractivity contribution is 5.82. The second kappa shape index (κ2) is 6.41. The molecule has 1 saturated heterocycles. The molecule has 2 aliphatic rings. The number of hydrogen-bond acceptors (Lipinski definition) is 3. The Morgan fingerprint density at radius 2 is 1.63 bits per heavy atom. The second-order valence-electron chi connectivity index (χ2n) is 7.98. The van der Waals surface area contributed by atoms with E-state index in [1.807, 2.05) is 38.1 Å². The molecular weight excluding hydrogens is 342 g/mol. The van der Waals surface area contributed by atoms with E-state index < -0.39 is 23.5 Å². The number of hydrogen-bond donors (Lipinski definition) is 1. The van der Waals surface area contributed by atoms with Crippen molar-refractivity contribution in [2.24, 2.45) is 5.41 Å². The molecule has 0 unspecified atom stereocenters. The number of ether oxygens (including phenoxy) is 1. The van der Waals surface area contributed by atoms with E-state index in [-0.39, 0.29) is 12.5 Å². The van der Waals surface area contributed by atoms with Crippen molar-refractivity contribution in [3.63, 3.8) is 0 Å². The summed E-state index contributed by atoms with van der Waals surface area (Å²) in [5.74, 6) is -1.01. The fourth-order valence-corrected chi connectivity index (χ4v) is 4.44. The molecule has 1 atom stereocenters. The van der Waals surface area contributed by atoms with Crippen LogP contribution in [0.5, 0.6) is 0 Å². The summed E-state index contributed by atoms with van der Waals surface area (Å²) in [6.07, 6.45) is 0.101. The third-order valence-electron chi connectivity index (χ3n) is 5.85. The molecule has 1 aliphatic heterocycles. The quantitative estimate of drug-likeness (QED) is 0.888. The lowest BCUT2D eigenvalue weighted by Gasteiger charge is -2.28. The van der Waals surface area contributed by atoms with E-state index in [9.17, 15) is 14.7 Å². The number of carbonyl (C=O) groups is 2. The van der Waals surface area contributed by atoms with Crippen LogP contribution in [0.25, 0.3) is 11.1 Å². The summed E-state index contributed by atoms with van der Waals surface area (Å²) >= 11 is 0. The van der Waals surface area contributed by atoms with Crippen LogP contribution in [0.4, 0.5) is 4.79 Å². The first-order valence-electron chi connectivity index (χ1n) is 9.24. The topological polar surface area (TPSA) is 66.8 Å². The number of carbonyl (C=O) groups excluding carboxylic acids is 1. The van der Waals surface area contributed by atoms with E-state index in [1.165, 1.54) is 16.0 Å². The van der Waals surface area contributed by atoms with Crippen molar-refractivity contribution in [3.8, 4) is 11.1 Å². The highest BCUT2D eigenvalue weighted by Gasteiger charge is 2.48. The van der Waals surface area contributed by atoms with Crippen molar-refractivity contribution in [1.29, 1.82) is 0 Å². The van der Waals surface area contributed by atoms with Crippen molar-refractivity contribution >= 4 is 12.1 Å². The predicted octanol–water partition coefficient (Wildman–Crippen LogP) is 4.12. The average Bonchev–Trinajstić information content (AvgIpc) is 3.14. The molecular formula is C22H23NO4. The molecule has 140 valence electrons. The third-order valence-corrected chi connectivity index (χ3v) is 5.85. The molecule has 1 heterocycles. The van der Waals surface area contributed by atoms with Crippen LogP contribution in [0.1, 0.15) is 37.3 Å². The van der Waals surface area contributed by atoms with Gasteiger partial charge in [-0.15, -0.1) is 0 Å². The standard InChI is InChI=1S/C22H23NO4/c1-22(2)11-12-23(19(22)20(24)25)21(26)27-13-18-16-9-5-3-7-14(16)15-8-4-6-10-17(15)18/h3-10,18-19H,11-13H2,1-2H3,(H,24,25)/t19-/m1/s1. The fourth-order valence-electron chi connectivity index (χ4n) is 4.44. The maximum Gasteiger partial charge on any atom is 0.410 e. The number of carboxylic acids is 1. The van der Waals surface area contributed by atoms with Crippen LogP contribution in [-0.2, 0) is 9.53 Å². The highest BCUT2D eigenvalue weighted by Crippen LogP contribution is 2.44. The zero-order valence-electron chi connectivity index (χ0n) is 15.5. The molecule has 0 bridgehead atoms. The van der Waals surface area contributed by atoms with E-state index in [1.54, 1.807) is 0 Å². The Balaban J connectivity index is 1.54. The number of aliphatic carboxylic acids is 1. The Kier molecular flexibility index (Phi) is 4.17. The SMILES string of the molecule is CC1(C)CCN(C(=O)OCC2c3ccccc3-c3ccccc32)[C@@H]1C(=O)O. The fraction of sp³-hybridized carbons (Fsp3) is 0.364. The van der Waals surface area contributed by atoms with Gasteiger partial charge < -0.3 is 9.84 Å². The van der Waals surface area contributed by atoms with Gasteiger partial charge in [-0.3, -0.25) is 4.90 Å². The Morgan fingerprint density at radius 3 is 2.19 bits per heavy atom. The van der Waals surface area contributed by atoms with Gasteiger partial charge in [0, 0.05) is 12.5 Å². The van der Waals surface area contributed by atoms with Crippen LogP contribution in [0, 0.1) is 5.41 Å². The summed E-state index contributed by atoms with van der Waals surface area (Å²) < 4.78 is 5.62. The molecule has 0 saturated carbocycles. The Labute approximate surface area is 158 Å². The minimum atomic E-state index is -0.981. The first kappa shape index (κ1) is 17.6. The smallest absolute Gasteiger partial charge is 0.410 e. The number of likely N-dealkylation sites (tertiary alicyclic amines) is 1. The molecule has 27 heavy (non-hydrogen) atoms. The number of carboxylic acid groups (broad SMARTS) is 1. The summed E-state index contributed by atoms with van der Waals surface area (Å²) in [5.41, 5.74) is 4.16. The number of fused-ring (bicyclic) bond motifs is 3. The summed E-state index contributed by atoms with van der Waals surface area (Å²) in [5, 5.41) is 9.56. The van der Waals surface area contributed by atoms with Crippen LogP contribution in [0.2, 0.25) is 0 Å². The van der Waals surface area contributed by atoms with Crippen LogP contribution in [0.15, 0.2) is 48.5 Å². The molecule has 1 amide bonds. The van der Waals surface area contributed by atoms with Crippen LogP contribution >= 0.6 is 0 Å². The van der Waals surface area contributed by atoms with E-state index in [0.29, 0.717) is 13.0 Å². The van der Waals surface area contributed by atoms with Gasteiger partial charge in [0.05, 0.1) is 0 Å². The van der Waals surface area contributed by atoms with Crippen molar-refractivity contribution in [1.82, 2.24) is 4.90 Å². The zero-order chi connectivity index (χ0) is 19.2. The van der Waals surface area contributed by atoms with Crippen molar-refractivity contribution in [2.75, 3.05) is 13.2 Å². The molecule has 0 radical (unpaired) electrons. The van der Waals surface area contributed by atoms with Gasteiger partial charge in [-0.2, -0.15) is 0 Å². The number of rotatable bonds is 3. The maximum absolute atomic E-state index is 12.7. The molecule has 5 nitrogen and oxygen atoms in total. The minimum Gasteiger partial charge on any atom is -0.480 e. The van der Waals surface area contributed by atoms with Gasteiger partial charge in [0.2, 0.25) is 0 Å². The lowest BCUT2D eigenvalue weighted by Crippen LogP contribution is -2.46. The summed E-state index contributed by atoms with van der Waals surface area (Å²) in [7, 11) is 0. The molecule has 2 aromatic rings. The molecule has 1 aliphatic carbocycles. The lowest BCUT2D eigenvalue weighted by atomic mass is 9.85. The van der Waals surface area contributed by atoms with Crippen molar-refractivity contribution < 1.29 is 19.4 Å². The Hall–Kier alpha value is -2.82. The van der Waals surface area contributed by atoms with Gasteiger partial charge in [-0.25, -0.2) is 9.59 Å². The molecule has 4 rings (SSSR count). The molecule has 2 aromatic carbocycles. The summed E-state index contributed by atoms with van der Waals surface area (Å²) in [6.45, 7) is 4.36. The minimum absolute atomic E-state index is 0.0276. The van der Waals surface area contributed by atoms with Crippen molar-refractivity contribution in [3.05, 3.63) is 59.7 Å². The average molecular weight is 365 g/mol. The van der Waals surface area contributed by atoms with E-state index >= 15 is 0 Å². The van der Waals surface area contributed by atoms with Gasteiger partial charge in [0.1, 0.15) is 12.6 Å². The van der Waals surface area contributed by atoms with Gasteiger partial charge >= 0.3 is 12.1 Å². The number of amides is 1. The molecule has 5 heteroatoms. The Morgan fingerprint density at radius 1 is 1.07 bits per heavy atom. The van der Waals surface area contributed by atoms with Gasteiger partial charge in [0.25, 0.3) is 0 Å².